The highest BCUT2D eigenvalue weighted by Crippen LogP contribution is 2.50. The van der Waals surface area contributed by atoms with E-state index in [1.807, 2.05) is 0 Å². The van der Waals surface area contributed by atoms with E-state index in [-0.39, 0.29) is 0 Å². The van der Waals surface area contributed by atoms with Gasteiger partial charge in [0.05, 0.1) is 22.4 Å². The molecule has 0 aliphatic carbocycles. The smallest absolute Gasteiger partial charge is 0.0782 e. The van der Waals surface area contributed by atoms with E-state index in [1.165, 1.54) is 81.6 Å². The first kappa shape index (κ1) is 34.1. The van der Waals surface area contributed by atoms with E-state index in [0.717, 1.165) is 28.3 Å². The number of benzene rings is 11. The topological polar surface area (TPSA) is 8.17 Å². The molecule has 2 nitrogen and oxygen atoms in total. The summed E-state index contributed by atoms with van der Waals surface area (Å²) in [6.45, 7) is 0. The van der Waals surface area contributed by atoms with Gasteiger partial charge in [-0.1, -0.05) is 188 Å². The quantitative estimate of drug-likeness (QED) is 0.153. The van der Waals surface area contributed by atoms with Gasteiger partial charge in [0, 0.05) is 27.5 Å². The molecule has 0 atom stereocenters. The molecule has 0 aliphatic rings. The van der Waals surface area contributed by atoms with Gasteiger partial charge in [-0.15, -0.1) is 0 Å². The maximum Gasteiger partial charge on any atom is 0.0782 e. The van der Waals surface area contributed by atoms with Crippen LogP contribution in [0.3, 0.4) is 0 Å². The highest BCUT2D eigenvalue weighted by Gasteiger charge is 2.25. The van der Waals surface area contributed by atoms with Crippen LogP contribution in [0.5, 0.6) is 0 Å². The summed E-state index contributed by atoms with van der Waals surface area (Å²) in [6.07, 6.45) is 0. The van der Waals surface area contributed by atoms with E-state index in [9.17, 15) is 0 Å². The standard InChI is InChI=1S/C58H38N2/c1-4-19-39(20-5-1)56-50-31-15-13-28-46(50)47-36-35-43(38-52(47)57(56)40-21-6-2-7-22-40)59(55-37-41-23-10-11-26-44(41)45-27-12-14-29-48(45)55)54-34-18-32-51-49-30-16-17-33-53(49)60(58(51)54)42-24-8-3-9-25-42/h1-38H. The summed E-state index contributed by atoms with van der Waals surface area (Å²) in [6, 6.07) is 84.4. The van der Waals surface area contributed by atoms with E-state index < -0.39 is 0 Å². The highest BCUT2D eigenvalue weighted by atomic mass is 15.2. The summed E-state index contributed by atoms with van der Waals surface area (Å²) in [5.74, 6) is 0. The first-order valence-electron chi connectivity index (χ1n) is 20.7. The van der Waals surface area contributed by atoms with Crippen LogP contribution in [0.1, 0.15) is 0 Å². The lowest BCUT2D eigenvalue weighted by Crippen LogP contribution is -2.12. The van der Waals surface area contributed by atoms with Crippen LogP contribution in [0.15, 0.2) is 231 Å². The van der Waals surface area contributed by atoms with Gasteiger partial charge in [-0.2, -0.15) is 0 Å². The molecule has 0 bridgehead atoms. The van der Waals surface area contributed by atoms with Crippen LogP contribution in [0.4, 0.5) is 17.1 Å². The Labute approximate surface area is 348 Å². The van der Waals surface area contributed by atoms with E-state index in [0.29, 0.717) is 0 Å². The van der Waals surface area contributed by atoms with Crippen LogP contribution in [0.25, 0.3) is 92.8 Å². The SMILES string of the molecule is c1ccc(-c2c(-c3ccccc3)c3cc(N(c4cc5ccccc5c5ccccc45)c4cccc5c6ccccc6n(-c6ccccc6)c45)ccc3c3ccccc23)cc1. The molecule has 1 aromatic heterocycles. The third-order valence-corrected chi connectivity index (χ3v) is 12.3. The van der Waals surface area contributed by atoms with Crippen LogP contribution in [-0.2, 0) is 0 Å². The van der Waals surface area contributed by atoms with Crippen molar-refractivity contribution in [2.24, 2.45) is 0 Å². The first-order chi connectivity index (χ1) is 29.8. The lowest BCUT2D eigenvalue weighted by molar-refractivity contribution is 1.17. The summed E-state index contributed by atoms with van der Waals surface area (Å²) in [5, 5.41) is 12.2. The van der Waals surface area contributed by atoms with Gasteiger partial charge in [-0.05, 0) is 102 Å². The monoisotopic (exact) mass is 762 g/mol. The number of para-hydroxylation sites is 3. The lowest BCUT2D eigenvalue weighted by atomic mass is 9.85. The zero-order chi connectivity index (χ0) is 39.6. The number of hydrogen-bond acceptors (Lipinski definition) is 1. The number of aromatic nitrogens is 1. The zero-order valence-corrected chi connectivity index (χ0v) is 32.8. The Hall–Kier alpha value is -7.94. The fraction of sp³-hybridized carbons (Fsp3) is 0. The molecule has 12 rings (SSSR count). The molecule has 1 heterocycles. The Morgan fingerprint density at radius 3 is 1.53 bits per heavy atom. The molecular formula is C58H38N2. The van der Waals surface area contributed by atoms with Gasteiger partial charge in [-0.3, -0.25) is 0 Å². The van der Waals surface area contributed by atoms with E-state index in [2.05, 4.69) is 240 Å². The summed E-state index contributed by atoms with van der Waals surface area (Å²) < 4.78 is 2.45. The maximum absolute atomic E-state index is 2.53. The van der Waals surface area contributed by atoms with Crippen LogP contribution < -0.4 is 4.90 Å². The molecule has 0 saturated heterocycles. The van der Waals surface area contributed by atoms with Crippen molar-refractivity contribution in [3.8, 4) is 27.9 Å². The number of fused-ring (bicyclic) bond motifs is 9. The summed E-state index contributed by atoms with van der Waals surface area (Å²) in [7, 11) is 0. The van der Waals surface area contributed by atoms with E-state index >= 15 is 0 Å². The van der Waals surface area contributed by atoms with Crippen LogP contribution >= 0.6 is 0 Å². The first-order valence-corrected chi connectivity index (χ1v) is 20.7. The molecule has 60 heavy (non-hydrogen) atoms. The van der Waals surface area contributed by atoms with Gasteiger partial charge in [0.1, 0.15) is 0 Å². The zero-order valence-electron chi connectivity index (χ0n) is 32.8. The van der Waals surface area contributed by atoms with Crippen molar-refractivity contribution < 1.29 is 0 Å². The second-order valence-electron chi connectivity index (χ2n) is 15.6. The van der Waals surface area contributed by atoms with Crippen molar-refractivity contribution >= 4 is 82.0 Å². The minimum Gasteiger partial charge on any atom is -0.308 e. The minimum atomic E-state index is 1.09. The van der Waals surface area contributed by atoms with Gasteiger partial charge in [0.15, 0.2) is 0 Å². The van der Waals surface area contributed by atoms with E-state index in [4.69, 9.17) is 0 Å². The molecule has 12 aromatic rings. The third kappa shape index (κ3) is 5.28. The fourth-order valence-corrected chi connectivity index (χ4v) is 9.78. The molecule has 0 spiro atoms. The summed E-state index contributed by atoms with van der Waals surface area (Å²) >= 11 is 0. The molecule has 0 unspecified atom stereocenters. The largest absolute Gasteiger partial charge is 0.308 e. The van der Waals surface area contributed by atoms with Crippen molar-refractivity contribution in [3.63, 3.8) is 0 Å². The van der Waals surface area contributed by atoms with Gasteiger partial charge < -0.3 is 9.47 Å². The highest BCUT2D eigenvalue weighted by molar-refractivity contribution is 6.23. The Bertz CT molecular complexity index is 3590. The Morgan fingerprint density at radius 1 is 0.300 bits per heavy atom. The molecule has 0 N–H and O–H groups in total. The average Bonchev–Trinajstić information content (AvgIpc) is 3.67. The van der Waals surface area contributed by atoms with Gasteiger partial charge in [-0.25, -0.2) is 0 Å². The van der Waals surface area contributed by atoms with Crippen molar-refractivity contribution in [2.45, 2.75) is 0 Å². The number of hydrogen-bond donors (Lipinski definition) is 0. The normalized spacial score (nSPS) is 11.7. The van der Waals surface area contributed by atoms with Crippen molar-refractivity contribution in [3.05, 3.63) is 231 Å². The molecule has 0 radical (unpaired) electrons. The van der Waals surface area contributed by atoms with Crippen LogP contribution in [0, 0.1) is 0 Å². The maximum atomic E-state index is 2.53. The molecule has 2 heteroatoms. The molecule has 0 aliphatic heterocycles. The van der Waals surface area contributed by atoms with Crippen molar-refractivity contribution in [1.29, 1.82) is 0 Å². The third-order valence-electron chi connectivity index (χ3n) is 12.3. The van der Waals surface area contributed by atoms with E-state index in [1.54, 1.807) is 0 Å². The number of anilines is 3. The lowest BCUT2D eigenvalue weighted by Gasteiger charge is -2.30. The van der Waals surface area contributed by atoms with Gasteiger partial charge >= 0.3 is 0 Å². The minimum absolute atomic E-state index is 1.09. The molecular weight excluding hydrogens is 725 g/mol. The fourth-order valence-electron chi connectivity index (χ4n) is 9.78. The van der Waals surface area contributed by atoms with Crippen molar-refractivity contribution in [1.82, 2.24) is 4.57 Å². The number of rotatable bonds is 6. The Balaban J connectivity index is 1.26. The average molecular weight is 763 g/mol. The predicted octanol–water partition coefficient (Wildman–Crippen LogP) is 16.2. The predicted molar refractivity (Wildman–Crippen MR) is 256 cm³/mol. The van der Waals surface area contributed by atoms with Crippen LogP contribution in [0.2, 0.25) is 0 Å². The molecule has 280 valence electrons. The molecule has 11 aromatic carbocycles. The second-order valence-corrected chi connectivity index (χ2v) is 15.6. The molecule has 0 fully saturated rings. The molecule has 0 saturated carbocycles. The second kappa shape index (κ2) is 13.9. The van der Waals surface area contributed by atoms with Gasteiger partial charge in [0.2, 0.25) is 0 Å². The summed E-state index contributed by atoms with van der Waals surface area (Å²) in [5.41, 5.74) is 11.7. The molecule has 0 amide bonds. The Kier molecular flexibility index (Phi) is 7.89. The van der Waals surface area contributed by atoms with Crippen LogP contribution in [-0.4, -0.2) is 4.57 Å². The number of nitrogens with zero attached hydrogens (tertiary/aromatic N) is 2. The Morgan fingerprint density at radius 2 is 0.817 bits per heavy atom. The van der Waals surface area contributed by atoms with Gasteiger partial charge in [0.25, 0.3) is 0 Å². The summed E-state index contributed by atoms with van der Waals surface area (Å²) in [4.78, 5) is 2.53. The van der Waals surface area contributed by atoms with Crippen molar-refractivity contribution in [2.75, 3.05) is 4.90 Å².